The molecule has 0 atom stereocenters. The second-order valence-electron chi connectivity index (χ2n) is 6.01. The number of fused-ring (bicyclic) bond motifs is 1. The first-order valence-electron chi connectivity index (χ1n) is 8.48. The van der Waals surface area contributed by atoms with Gasteiger partial charge >= 0.3 is 0 Å². The maximum Gasteiger partial charge on any atom is 0.255 e. The summed E-state index contributed by atoms with van der Waals surface area (Å²) in [4.78, 5) is 17.0. The molecule has 1 aliphatic rings. The summed E-state index contributed by atoms with van der Waals surface area (Å²) in [5, 5.41) is 5.87. The molecule has 1 aromatic heterocycles. The van der Waals surface area contributed by atoms with Crippen LogP contribution in [0.3, 0.4) is 0 Å². The van der Waals surface area contributed by atoms with Gasteiger partial charge in [0.15, 0.2) is 11.5 Å². The minimum absolute atomic E-state index is 0.197. The van der Waals surface area contributed by atoms with E-state index < -0.39 is 0 Å². The summed E-state index contributed by atoms with van der Waals surface area (Å²) in [6.07, 6.45) is 0. The highest BCUT2D eigenvalue weighted by atomic mass is 32.1. The number of hydrogen-bond donors (Lipinski definition) is 1. The molecule has 0 fully saturated rings. The molecule has 1 amide bonds. The molecule has 1 N–H and O–H groups in total. The highest BCUT2D eigenvalue weighted by Gasteiger charge is 2.15. The summed E-state index contributed by atoms with van der Waals surface area (Å²) in [5.74, 6) is 1.76. The lowest BCUT2D eigenvalue weighted by atomic mass is 10.1. The minimum atomic E-state index is -0.197. The van der Waals surface area contributed by atoms with Crippen LogP contribution in [0, 0.1) is 6.92 Å². The third kappa shape index (κ3) is 4.03. The van der Waals surface area contributed by atoms with Gasteiger partial charge in [0.2, 0.25) is 6.79 Å². The van der Waals surface area contributed by atoms with Crippen molar-refractivity contribution in [2.75, 3.05) is 6.79 Å². The van der Waals surface area contributed by atoms with E-state index >= 15 is 0 Å². The normalized spacial score (nSPS) is 12.0. The average molecular weight is 382 g/mol. The maximum atomic E-state index is 12.6. The highest BCUT2D eigenvalue weighted by Crippen LogP contribution is 2.32. The van der Waals surface area contributed by atoms with Gasteiger partial charge in [0.05, 0.1) is 16.3 Å². The van der Waals surface area contributed by atoms with E-state index in [-0.39, 0.29) is 12.7 Å². The lowest BCUT2D eigenvalue weighted by Gasteiger charge is -2.11. The van der Waals surface area contributed by atoms with Crippen LogP contribution in [0.1, 0.15) is 26.6 Å². The van der Waals surface area contributed by atoms with Gasteiger partial charge in [0.1, 0.15) is 12.4 Å². The smallest absolute Gasteiger partial charge is 0.255 e. The minimum Gasteiger partial charge on any atom is -0.486 e. The number of ether oxygens (including phenoxy) is 3. The van der Waals surface area contributed by atoms with E-state index in [0.717, 1.165) is 22.0 Å². The fraction of sp³-hybridized carbons (Fsp3) is 0.200. The third-order valence-corrected chi connectivity index (χ3v) is 4.89. The fourth-order valence-corrected chi connectivity index (χ4v) is 3.33. The van der Waals surface area contributed by atoms with Gasteiger partial charge in [-0.05, 0) is 36.8 Å². The molecule has 0 saturated carbocycles. The molecule has 4 rings (SSSR count). The quantitative estimate of drug-likeness (QED) is 0.704. The summed E-state index contributed by atoms with van der Waals surface area (Å²) >= 11 is 1.57. The molecule has 0 unspecified atom stereocenters. The van der Waals surface area contributed by atoms with E-state index in [0.29, 0.717) is 30.2 Å². The second-order valence-corrected chi connectivity index (χ2v) is 7.08. The predicted octanol–water partition coefficient (Wildman–Crippen LogP) is 3.69. The van der Waals surface area contributed by atoms with E-state index in [4.69, 9.17) is 14.2 Å². The largest absolute Gasteiger partial charge is 0.486 e. The van der Waals surface area contributed by atoms with E-state index in [2.05, 4.69) is 10.3 Å². The number of hydrogen-bond acceptors (Lipinski definition) is 6. The Morgan fingerprint density at radius 1 is 1.22 bits per heavy atom. The molecular weight excluding hydrogens is 364 g/mol. The Bertz CT molecular complexity index is 970. The van der Waals surface area contributed by atoms with Crippen LogP contribution < -0.4 is 19.5 Å². The summed E-state index contributed by atoms with van der Waals surface area (Å²) in [5.41, 5.74) is 2.28. The van der Waals surface area contributed by atoms with Crippen LogP contribution in [0.5, 0.6) is 17.2 Å². The van der Waals surface area contributed by atoms with Crippen molar-refractivity contribution >= 4 is 17.2 Å². The Labute approximate surface area is 160 Å². The van der Waals surface area contributed by atoms with Crippen LogP contribution >= 0.6 is 11.3 Å². The Balaban J connectivity index is 1.41. The first-order valence-corrected chi connectivity index (χ1v) is 9.36. The zero-order chi connectivity index (χ0) is 18.6. The van der Waals surface area contributed by atoms with Crippen LogP contribution in [0.4, 0.5) is 0 Å². The van der Waals surface area contributed by atoms with E-state index in [1.54, 1.807) is 23.5 Å². The van der Waals surface area contributed by atoms with E-state index in [1.807, 2.05) is 42.6 Å². The number of rotatable bonds is 6. The van der Waals surface area contributed by atoms with Crippen molar-refractivity contribution < 1.29 is 19.0 Å². The zero-order valence-electron chi connectivity index (χ0n) is 14.7. The van der Waals surface area contributed by atoms with Crippen LogP contribution in [-0.2, 0) is 13.2 Å². The van der Waals surface area contributed by atoms with Gasteiger partial charge < -0.3 is 19.5 Å². The van der Waals surface area contributed by atoms with Crippen LogP contribution in [-0.4, -0.2) is 17.7 Å². The van der Waals surface area contributed by atoms with Gasteiger partial charge in [-0.1, -0.05) is 18.2 Å². The molecule has 0 saturated heterocycles. The Kier molecular flexibility index (Phi) is 4.93. The average Bonchev–Trinajstić information content (AvgIpc) is 3.32. The van der Waals surface area contributed by atoms with Gasteiger partial charge in [-0.15, -0.1) is 11.3 Å². The van der Waals surface area contributed by atoms with Crippen molar-refractivity contribution in [3.63, 3.8) is 0 Å². The number of benzene rings is 2. The summed E-state index contributed by atoms with van der Waals surface area (Å²) in [6, 6.07) is 12.8. The first kappa shape index (κ1) is 17.4. The molecule has 138 valence electrons. The van der Waals surface area contributed by atoms with Crippen LogP contribution in [0.2, 0.25) is 0 Å². The molecule has 3 aromatic rings. The Morgan fingerprint density at radius 3 is 2.93 bits per heavy atom. The number of nitrogens with one attached hydrogen (secondary N) is 1. The van der Waals surface area contributed by atoms with E-state index in [9.17, 15) is 4.79 Å². The Morgan fingerprint density at radius 2 is 2.07 bits per heavy atom. The van der Waals surface area contributed by atoms with Gasteiger partial charge in [-0.2, -0.15) is 0 Å². The maximum absolute atomic E-state index is 12.6. The molecule has 2 aromatic carbocycles. The molecule has 1 aliphatic heterocycles. The third-order valence-electron chi connectivity index (χ3n) is 4.06. The van der Waals surface area contributed by atoms with E-state index in [1.165, 1.54) is 0 Å². The molecule has 0 bridgehead atoms. The van der Waals surface area contributed by atoms with Crippen molar-refractivity contribution in [1.29, 1.82) is 0 Å². The van der Waals surface area contributed by atoms with Gasteiger partial charge in [0, 0.05) is 11.9 Å². The molecule has 0 spiro atoms. The second kappa shape index (κ2) is 7.67. The summed E-state index contributed by atoms with van der Waals surface area (Å²) < 4.78 is 16.5. The molecule has 6 nitrogen and oxygen atoms in total. The molecule has 0 radical (unpaired) electrons. The van der Waals surface area contributed by atoms with Crippen molar-refractivity contribution in [3.8, 4) is 17.2 Å². The molecule has 7 heteroatoms. The molecule has 0 aliphatic carbocycles. The van der Waals surface area contributed by atoms with Gasteiger partial charge in [-0.25, -0.2) is 4.98 Å². The SMILES string of the molecule is Cc1nc(COc2ccccc2C(=O)NCc2ccc3c(c2)OCO3)cs1. The highest BCUT2D eigenvalue weighted by molar-refractivity contribution is 7.09. The number of aryl methyl sites for hydroxylation is 1. The monoisotopic (exact) mass is 382 g/mol. The summed E-state index contributed by atoms with van der Waals surface area (Å²) in [6.45, 7) is 2.89. The zero-order valence-corrected chi connectivity index (χ0v) is 15.5. The van der Waals surface area contributed by atoms with Crippen LogP contribution in [0.25, 0.3) is 0 Å². The lowest BCUT2D eigenvalue weighted by molar-refractivity contribution is 0.0946. The standard InChI is InChI=1S/C20H18N2O4S/c1-13-22-15(11-27-13)10-24-17-5-3-2-4-16(17)20(23)21-9-14-6-7-18-19(8-14)26-12-25-18/h2-8,11H,9-10,12H2,1H3,(H,21,23). The number of amides is 1. The number of para-hydroxylation sites is 1. The molecular formula is C20H18N2O4S. The molecule has 27 heavy (non-hydrogen) atoms. The number of nitrogens with zero attached hydrogens (tertiary/aromatic N) is 1. The van der Waals surface area contributed by atoms with Crippen LogP contribution in [0.15, 0.2) is 47.8 Å². The van der Waals surface area contributed by atoms with Crippen molar-refractivity contribution in [2.24, 2.45) is 0 Å². The topological polar surface area (TPSA) is 69.7 Å². The lowest BCUT2D eigenvalue weighted by Crippen LogP contribution is -2.23. The summed E-state index contributed by atoms with van der Waals surface area (Å²) in [7, 11) is 0. The van der Waals surface area contributed by atoms with Crippen molar-refractivity contribution in [1.82, 2.24) is 10.3 Å². The van der Waals surface area contributed by atoms with Gasteiger partial charge in [-0.3, -0.25) is 4.79 Å². The Hall–Kier alpha value is -3.06. The first-order chi connectivity index (χ1) is 13.2. The predicted molar refractivity (Wildman–Crippen MR) is 101 cm³/mol. The molecule has 2 heterocycles. The van der Waals surface area contributed by atoms with Crippen molar-refractivity contribution in [2.45, 2.75) is 20.1 Å². The van der Waals surface area contributed by atoms with Gasteiger partial charge in [0.25, 0.3) is 5.91 Å². The number of carbonyl (C=O) groups excluding carboxylic acids is 1. The number of carbonyl (C=O) groups is 1. The fourth-order valence-electron chi connectivity index (χ4n) is 2.73. The van der Waals surface area contributed by atoms with Crippen molar-refractivity contribution in [3.05, 3.63) is 69.7 Å². The number of aromatic nitrogens is 1. The number of thiazole rings is 1.